The first-order valence-corrected chi connectivity index (χ1v) is 4.51. The first-order valence-electron chi connectivity index (χ1n) is 4.51. The average molecular weight is 184 g/mol. The van der Waals surface area contributed by atoms with Gasteiger partial charge < -0.3 is 10.4 Å². The van der Waals surface area contributed by atoms with Crippen LogP contribution in [0.25, 0.3) is 0 Å². The molecule has 0 aromatic carbocycles. The molecule has 0 saturated carbocycles. The van der Waals surface area contributed by atoms with E-state index in [-0.39, 0.29) is 12.0 Å². The number of aliphatic hydroxyl groups excluding tert-OH is 1. The highest BCUT2D eigenvalue weighted by Gasteiger charge is 2.18. The van der Waals surface area contributed by atoms with Crippen molar-refractivity contribution in [2.24, 2.45) is 0 Å². The van der Waals surface area contributed by atoms with Crippen molar-refractivity contribution in [2.45, 2.75) is 12.5 Å². The molecule has 2 N–H and O–H groups in total. The van der Waals surface area contributed by atoms with Crippen LogP contribution in [-0.4, -0.2) is 48.7 Å². The molecule has 4 nitrogen and oxygen atoms in total. The maximum atomic E-state index is 10.8. The molecule has 1 fully saturated rings. The van der Waals surface area contributed by atoms with Gasteiger partial charge in [0.1, 0.15) is 0 Å². The summed E-state index contributed by atoms with van der Waals surface area (Å²) in [6.07, 6.45) is 3.99. The van der Waals surface area contributed by atoms with Gasteiger partial charge in [-0.3, -0.25) is 9.69 Å². The molecule has 13 heavy (non-hydrogen) atoms. The summed E-state index contributed by atoms with van der Waals surface area (Å²) in [6.45, 7) is 2.38. The number of hydrogen-bond acceptors (Lipinski definition) is 3. The fourth-order valence-electron chi connectivity index (χ4n) is 1.37. The van der Waals surface area contributed by atoms with Crippen LogP contribution in [0.15, 0.2) is 12.2 Å². The molecule has 1 heterocycles. The van der Waals surface area contributed by atoms with Gasteiger partial charge in [0.05, 0.1) is 6.10 Å². The standard InChI is InChI=1S/C9H16N2O2/c1-10-9(13)3-2-5-11-6-4-8(12)7-11/h2-3,8,12H,4-7H2,1H3,(H,10,13)/b3-2+/t8-/m0/s1. The molecular weight excluding hydrogens is 168 g/mol. The number of nitrogens with one attached hydrogen (secondary N) is 1. The summed E-state index contributed by atoms with van der Waals surface area (Å²) < 4.78 is 0. The van der Waals surface area contributed by atoms with Gasteiger partial charge in [-0.1, -0.05) is 6.08 Å². The van der Waals surface area contributed by atoms with Crippen LogP contribution in [0, 0.1) is 0 Å². The topological polar surface area (TPSA) is 52.6 Å². The van der Waals surface area contributed by atoms with E-state index in [0.717, 1.165) is 26.1 Å². The molecule has 4 heteroatoms. The zero-order valence-corrected chi connectivity index (χ0v) is 7.86. The summed E-state index contributed by atoms with van der Waals surface area (Å²) in [6, 6.07) is 0. The van der Waals surface area contributed by atoms with E-state index in [1.54, 1.807) is 7.05 Å². The summed E-state index contributed by atoms with van der Waals surface area (Å²) in [7, 11) is 1.60. The molecule has 0 bridgehead atoms. The SMILES string of the molecule is CNC(=O)/C=C/CN1CC[C@H](O)C1. The van der Waals surface area contributed by atoms with Crippen LogP contribution in [0.1, 0.15) is 6.42 Å². The second-order valence-electron chi connectivity index (χ2n) is 3.22. The Morgan fingerprint density at radius 1 is 1.77 bits per heavy atom. The van der Waals surface area contributed by atoms with Crippen molar-refractivity contribution >= 4 is 5.91 Å². The quantitative estimate of drug-likeness (QED) is 0.573. The van der Waals surface area contributed by atoms with Crippen molar-refractivity contribution < 1.29 is 9.90 Å². The zero-order chi connectivity index (χ0) is 9.68. The number of amides is 1. The highest BCUT2D eigenvalue weighted by atomic mass is 16.3. The molecular formula is C9H16N2O2. The predicted molar refractivity (Wildman–Crippen MR) is 50.3 cm³/mol. The number of likely N-dealkylation sites (N-methyl/N-ethyl adjacent to an activating group) is 1. The average Bonchev–Trinajstić information content (AvgIpc) is 2.51. The van der Waals surface area contributed by atoms with E-state index >= 15 is 0 Å². The lowest BCUT2D eigenvalue weighted by atomic mass is 10.3. The lowest BCUT2D eigenvalue weighted by molar-refractivity contribution is -0.116. The van der Waals surface area contributed by atoms with E-state index < -0.39 is 0 Å². The minimum atomic E-state index is -0.187. The number of nitrogens with zero attached hydrogens (tertiary/aromatic N) is 1. The van der Waals surface area contributed by atoms with E-state index in [2.05, 4.69) is 10.2 Å². The lowest BCUT2D eigenvalue weighted by Gasteiger charge is -2.10. The van der Waals surface area contributed by atoms with Crippen LogP contribution in [0.3, 0.4) is 0 Å². The van der Waals surface area contributed by atoms with Crippen molar-refractivity contribution in [3.8, 4) is 0 Å². The fraction of sp³-hybridized carbons (Fsp3) is 0.667. The zero-order valence-electron chi connectivity index (χ0n) is 7.86. The van der Waals surface area contributed by atoms with Gasteiger partial charge in [0.2, 0.25) is 5.91 Å². The first-order chi connectivity index (χ1) is 6.22. The first kappa shape index (κ1) is 10.2. The third kappa shape index (κ3) is 3.57. The maximum Gasteiger partial charge on any atom is 0.243 e. The molecule has 74 valence electrons. The monoisotopic (exact) mass is 184 g/mol. The van der Waals surface area contributed by atoms with Crippen molar-refractivity contribution in [2.75, 3.05) is 26.7 Å². The van der Waals surface area contributed by atoms with Crippen LogP contribution in [-0.2, 0) is 4.79 Å². The van der Waals surface area contributed by atoms with Gasteiger partial charge in [-0.2, -0.15) is 0 Å². The van der Waals surface area contributed by atoms with Gasteiger partial charge in [0.25, 0.3) is 0 Å². The van der Waals surface area contributed by atoms with Gasteiger partial charge >= 0.3 is 0 Å². The van der Waals surface area contributed by atoms with Crippen LogP contribution in [0.5, 0.6) is 0 Å². The number of hydrogen-bond donors (Lipinski definition) is 2. The summed E-state index contributed by atoms with van der Waals surface area (Å²) >= 11 is 0. The summed E-state index contributed by atoms with van der Waals surface area (Å²) in [5.41, 5.74) is 0. The molecule has 1 aliphatic rings. The van der Waals surface area contributed by atoms with Gasteiger partial charge in [-0.05, 0) is 6.42 Å². The van der Waals surface area contributed by atoms with Crippen LogP contribution >= 0.6 is 0 Å². The predicted octanol–water partition coefficient (Wildman–Crippen LogP) is -0.645. The number of aliphatic hydroxyl groups is 1. The summed E-state index contributed by atoms with van der Waals surface area (Å²) in [5, 5.41) is 11.7. The molecule has 0 aliphatic carbocycles. The third-order valence-corrected chi connectivity index (χ3v) is 2.13. The molecule has 0 radical (unpaired) electrons. The molecule has 1 aliphatic heterocycles. The molecule has 0 aromatic rings. The normalized spacial score (nSPS) is 24.0. The number of likely N-dealkylation sites (tertiary alicyclic amines) is 1. The summed E-state index contributed by atoms with van der Waals surface area (Å²) in [4.78, 5) is 12.9. The molecule has 0 aromatic heterocycles. The van der Waals surface area contributed by atoms with Crippen LogP contribution < -0.4 is 5.32 Å². The van der Waals surface area contributed by atoms with E-state index in [4.69, 9.17) is 0 Å². The second-order valence-corrected chi connectivity index (χ2v) is 3.22. The van der Waals surface area contributed by atoms with E-state index in [9.17, 15) is 9.90 Å². The van der Waals surface area contributed by atoms with Gasteiger partial charge in [0, 0.05) is 32.8 Å². The number of carbonyl (C=O) groups is 1. The van der Waals surface area contributed by atoms with E-state index in [1.165, 1.54) is 6.08 Å². The lowest BCUT2D eigenvalue weighted by Crippen LogP contribution is -2.22. The molecule has 1 atom stereocenters. The highest BCUT2D eigenvalue weighted by molar-refractivity contribution is 5.87. The van der Waals surface area contributed by atoms with Crippen molar-refractivity contribution in [1.29, 1.82) is 0 Å². The number of rotatable bonds is 3. The Morgan fingerprint density at radius 2 is 2.54 bits per heavy atom. The molecule has 1 rings (SSSR count). The largest absolute Gasteiger partial charge is 0.392 e. The minimum absolute atomic E-state index is 0.0836. The van der Waals surface area contributed by atoms with E-state index in [1.807, 2.05) is 6.08 Å². The van der Waals surface area contributed by atoms with Crippen molar-refractivity contribution in [3.63, 3.8) is 0 Å². The Balaban J connectivity index is 2.19. The third-order valence-electron chi connectivity index (χ3n) is 2.13. The fourth-order valence-corrected chi connectivity index (χ4v) is 1.37. The highest BCUT2D eigenvalue weighted by Crippen LogP contribution is 2.07. The molecule has 1 saturated heterocycles. The minimum Gasteiger partial charge on any atom is -0.392 e. The van der Waals surface area contributed by atoms with Crippen molar-refractivity contribution in [3.05, 3.63) is 12.2 Å². The molecule has 1 amide bonds. The molecule has 0 unspecified atom stereocenters. The Hall–Kier alpha value is -0.870. The number of carbonyl (C=O) groups excluding carboxylic acids is 1. The van der Waals surface area contributed by atoms with Crippen LogP contribution in [0.4, 0.5) is 0 Å². The Bertz CT molecular complexity index is 204. The van der Waals surface area contributed by atoms with Gasteiger partial charge in [-0.25, -0.2) is 0 Å². The Morgan fingerprint density at radius 3 is 3.08 bits per heavy atom. The Kier molecular flexibility index (Phi) is 3.92. The summed E-state index contributed by atoms with van der Waals surface area (Å²) in [5.74, 6) is -0.0836. The number of β-amino-alcohol motifs (C(OH)–C–C–N with tert-alkyl or cyclic N) is 1. The maximum absolute atomic E-state index is 10.8. The Labute approximate surface area is 78.2 Å². The van der Waals surface area contributed by atoms with Gasteiger partial charge in [0.15, 0.2) is 0 Å². The van der Waals surface area contributed by atoms with Crippen molar-refractivity contribution in [1.82, 2.24) is 10.2 Å². The second kappa shape index (κ2) is 4.99. The molecule has 0 spiro atoms. The van der Waals surface area contributed by atoms with Crippen LogP contribution in [0.2, 0.25) is 0 Å². The van der Waals surface area contributed by atoms with E-state index in [0.29, 0.717) is 0 Å². The van der Waals surface area contributed by atoms with Gasteiger partial charge in [-0.15, -0.1) is 0 Å². The smallest absolute Gasteiger partial charge is 0.243 e.